The first kappa shape index (κ1) is 35.1. The molecule has 3 fully saturated rings. The van der Waals surface area contributed by atoms with Gasteiger partial charge in [-0.15, -0.1) is 0 Å². The summed E-state index contributed by atoms with van der Waals surface area (Å²) >= 11 is 0. The number of hydrogen-bond donors (Lipinski definition) is 1. The van der Waals surface area contributed by atoms with E-state index in [0.717, 1.165) is 47.2 Å². The Morgan fingerprint density at radius 2 is 1.65 bits per heavy atom. The van der Waals surface area contributed by atoms with E-state index in [1.54, 1.807) is 13.2 Å². The highest BCUT2D eigenvalue weighted by Gasteiger charge is 2.72. The SMILES string of the molecule is COc1ccc2c(c1)[C@@H]1[C@H](C)[C@]1(C(=O)N1CCN(C)CC1c1ccccc1)CN1c3cc(C(=O)NS(=O)(=O)N(C)C)ccc3C(C3CCCCC3)C21. The van der Waals surface area contributed by atoms with Crippen molar-refractivity contribution < 1.29 is 22.7 Å². The highest BCUT2D eigenvalue weighted by Crippen LogP contribution is 2.72. The van der Waals surface area contributed by atoms with E-state index in [-0.39, 0.29) is 41.3 Å². The summed E-state index contributed by atoms with van der Waals surface area (Å²) in [5.41, 5.74) is 5.28. The van der Waals surface area contributed by atoms with Crippen LogP contribution in [-0.4, -0.2) is 88.8 Å². The molecule has 0 aromatic heterocycles. The zero-order valence-electron chi connectivity index (χ0n) is 30.9. The van der Waals surface area contributed by atoms with Crippen molar-refractivity contribution in [3.05, 3.63) is 94.5 Å². The summed E-state index contributed by atoms with van der Waals surface area (Å²) in [7, 11) is 2.64. The van der Waals surface area contributed by atoms with Crippen molar-refractivity contribution in [3.8, 4) is 5.75 Å². The van der Waals surface area contributed by atoms with Crippen molar-refractivity contribution in [1.82, 2.24) is 18.8 Å². The lowest BCUT2D eigenvalue weighted by Gasteiger charge is -2.43. The van der Waals surface area contributed by atoms with E-state index in [9.17, 15) is 13.2 Å². The molecule has 11 heteroatoms. The molecule has 3 unspecified atom stereocenters. The van der Waals surface area contributed by atoms with Crippen LogP contribution >= 0.6 is 0 Å². The van der Waals surface area contributed by atoms with Gasteiger partial charge in [-0.25, -0.2) is 4.72 Å². The van der Waals surface area contributed by atoms with Crippen LogP contribution < -0.4 is 14.4 Å². The number of ether oxygens (including phenoxy) is 1. The van der Waals surface area contributed by atoms with Gasteiger partial charge in [0.05, 0.1) is 24.6 Å². The van der Waals surface area contributed by atoms with Crippen LogP contribution in [0, 0.1) is 17.3 Å². The first-order chi connectivity index (χ1) is 25.0. The third-order valence-electron chi connectivity index (χ3n) is 13.1. The number of carbonyl (C=O) groups excluding carboxylic acids is 2. The molecule has 2 amide bonds. The molecule has 52 heavy (non-hydrogen) atoms. The average molecular weight is 726 g/mol. The Balaban J connectivity index is 1.27. The van der Waals surface area contributed by atoms with Gasteiger partial charge in [0.2, 0.25) is 5.91 Å². The van der Waals surface area contributed by atoms with Gasteiger partial charge >= 0.3 is 10.2 Å². The van der Waals surface area contributed by atoms with Gasteiger partial charge in [0.1, 0.15) is 5.75 Å². The second-order valence-corrected chi connectivity index (χ2v) is 17.9. The molecule has 3 aliphatic heterocycles. The summed E-state index contributed by atoms with van der Waals surface area (Å²) in [6.45, 7) is 4.97. The van der Waals surface area contributed by atoms with Crippen molar-refractivity contribution in [2.75, 3.05) is 59.3 Å². The highest BCUT2D eigenvalue weighted by molar-refractivity contribution is 7.87. The fraction of sp³-hybridized carbons (Fsp3) is 0.512. The smallest absolute Gasteiger partial charge is 0.303 e. The number of rotatable bonds is 7. The molecule has 0 radical (unpaired) electrons. The van der Waals surface area contributed by atoms with E-state index >= 15 is 4.79 Å². The van der Waals surface area contributed by atoms with Crippen LogP contribution in [0.2, 0.25) is 0 Å². The monoisotopic (exact) mass is 725 g/mol. The van der Waals surface area contributed by atoms with Crippen molar-refractivity contribution in [2.45, 2.75) is 62.9 Å². The number of piperazine rings is 1. The third kappa shape index (κ3) is 5.62. The largest absolute Gasteiger partial charge is 0.497 e. The highest BCUT2D eigenvalue weighted by atomic mass is 32.2. The molecule has 0 bridgehead atoms. The number of fused-ring (bicyclic) bond motifs is 7. The first-order valence-electron chi connectivity index (χ1n) is 18.8. The maximum absolute atomic E-state index is 15.5. The van der Waals surface area contributed by atoms with Crippen LogP contribution in [0.15, 0.2) is 66.7 Å². The Morgan fingerprint density at radius 1 is 0.923 bits per heavy atom. The number of benzene rings is 3. The molecular weight excluding hydrogens is 675 g/mol. The molecule has 3 heterocycles. The van der Waals surface area contributed by atoms with Gasteiger partial charge < -0.3 is 19.4 Å². The van der Waals surface area contributed by atoms with Crippen LogP contribution in [0.1, 0.15) is 95.6 Å². The summed E-state index contributed by atoms with van der Waals surface area (Å²) in [6.07, 6.45) is 5.88. The second-order valence-electron chi connectivity index (χ2n) is 16.0. The number of hydrogen-bond acceptors (Lipinski definition) is 7. The number of nitrogens with one attached hydrogen (secondary N) is 1. The van der Waals surface area contributed by atoms with Crippen molar-refractivity contribution in [3.63, 3.8) is 0 Å². The molecule has 1 saturated heterocycles. The lowest BCUT2D eigenvalue weighted by molar-refractivity contribution is -0.142. The fourth-order valence-corrected chi connectivity index (χ4v) is 10.8. The van der Waals surface area contributed by atoms with Crippen LogP contribution in [-0.2, 0) is 15.0 Å². The maximum atomic E-state index is 15.5. The maximum Gasteiger partial charge on any atom is 0.303 e. The minimum Gasteiger partial charge on any atom is -0.497 e. The molecule has 6 atom stereocenters. The Kier molecular flexibility index (Phi) is 8.90. The van der Waals surface area contributed by atoms with Gasteiger partial charge in [0.15, 0.2) is 0 Å². The Labute approximate surface area is 308 Å². The molecule has 1 N–H and O–H groups in total. The minimum absolute atomic E-state index is 0.0129. The zero-order valence-corrected chi connectivity index (χ0v) is 31.7. The number of amides is 2. The van der Waals surface area contributed by atoms with Gasteiger partial charge in [-0.3, -0.25) is 9.59 Å². The molecule has 276 valence electrons. The number of likely N-dealkylation sites (N-methyl/N-ethyl adjacent to an activating group) is 1. The summed E-state index contributed by atoms with van der Waals surface area (Å²) in [5.74, 6) is 1.03. The molecule has 5 aliphatic rings. The van der Waals surface area contributed by atoms with Crippen molar-refractivity contribution in [2.24, 2.45) is 17.3 Å². The second kappa shape index (κ2) is 13.2. The molecule has 2 aliphatic carbocycles. The van der Waals surface area contributed by atoms with Crippen LogP contribution in [0.5, 0.6) is 5.75 Å². The van der Waals surface area contributed by atoms with E-state index in [2.05, 4.69) is 81.9 Å². The Morgan fingerprint density at radius 3 is 2.37 bits per heavy atom. The van der Waals surface area contributed by atoms with Gasteiger partial charge in [0.25, 0.3) is 5.91 Å². The van der Waals surface area contributed by atoms with Crippen LogP contribution in [0.3, 0.4) is 0 Å². The van der Waals surface area contributed by atoms with Gasteiger partial charge in [0, 0.05) is 63.4 Å². The van der Waals surface area contributed by atoms with Gasteiger partial charge in [-0.1, -0.05) is 68.7 Å². The topological polar surface area (TPSA) is 102 Å². The number of methoxy groups -OCH3 is 1. The zero-order chi connectivity index (χ0) is 36.5. The van der Waals surface area contributed by atoms with E-state index in [0.29, 0.717) is 19.0 Å². The standard InChI is InChI=1S/C41H51N5O5S/c1-26-37-33-23-30(51-5)17-19-31(33)38-36(28-14-10-7-11-15-28)32-18-16-29(39(47)42-52(49,50)43(2)3)22-34(32)46(38)25-41(26,37)40(48)45-21-20-44(4)24-35(45)27-12-8-6-9-13-27/h6,8-9,12-13,16-19,22-23,26,28,35-38H,7,10-11,14-15,20-21,24-25H2,1-5H3,(H,42,47)/t26-,35?,36?,37-,38?,41+/m0/s1. The van der Waals surface area contributed by atoms with E-state index in [4.69, 9.17) is 4.74 Å². The first-order valence-corrected chi connectivity index (χ1v) is 20.3. The van der Waals surface area contributed by atoms with E-state index in [1.165, 1.54) is 50.0 Å². The lowest BCUT2D eigenvalue weighted by Crippen LogP contribution is -2.53. The fourth-order valence-electron chi connectivity index (χ4n) is 10.3. The van der Waals surface area contributed by atoms with Crippen LogP contribution in [0.25, 0.3) is 0 Å². The summed E-state index contributed by atoms with van der Waals surface area (Å²) in [5, 5.41) is 0. The van der Waals surface area contributed by atoms with Crippen LogP contribution in [0.4, 0.5) is 5.69 Å². The van der Waals surface area contributed by atoms with Crippen molar-refractivity contribution >= 4 is 27.7 Å². The molecular formula is C41H51N5O5S. The lowest BCUT2D eigenvalue weighted by atomic mass is 9.72. The van der Waals surface area contributed by atoms with E-state index < -0.39 is 21.5 Å². The number of carbonyl (C=O) groups is 2. The molecule has 0 spiro atoms. The number of anilines is 1. The molecule has 3 aromatic carbocycles. The Bertz CT molecular complexity index is 1980. The van der Waals surface area contributed by atoms with Crippen molar-refractivity contribution in [1.29, 1.82) is 0 Å². The third-order valence-corrected chi connectivity index (χ3v) is 14.5. The molecule has 8 rings (SSSR count). The molecule has 10 nitrogen and oxygen atoms in total. The Hall–Kier alpha value is -3.93. The molecule has 3 aromatic rings. The quantitative estimate of drug-likeness (QED) is 0.333. The number of nitrogens with zero attached hydrogens (tertiary/aromatic N) is 4. The molecule has 2 saturated carbocycles. The van der Waals surface area contributed by atoms with Gasteiger partial charge in [-0.05, 0) is 78.2 Å². The van der Waals surface area contributed by atoms with E-state index in [1.807, 2.05) is 12.1 Å². The predicted octanol–water partition coefficient (Wildman–Crippen LogP) is 5.71. The summed E-state index contributed by atoms with van der Waals surface area (Å²) in [4.78, 5) is 36.0. The average Bonchev–Trinajstić information content (AvgIpc) is 3.66. The summed E-state index contributed by atoms with van der Waals surface area (Å²) in [6, 6.07) is 22.5. The normalized spacial score (nSPS) is 28.7. The minimum atomic E-state index is -3.98. The van der Waals surface area contributed by atoms with Gasteiger partial charge in [-0.2, -0.15) is 12.7 Å². The predicted molar refractivity (Wildman–Crippen MR) is 202 cm³/mol. The summed E-state index contributed by atoms with van der Waals surface area (Å²) < 4.78 is 34.4.